The Balaban J connectivity index is 1.82. The van der Waals surface area contributed by atoms with Gasteiger partial charge in [0.1, 0.15) is 11.3 Å². The lowest BCUT2D eigenvalue weighted by Crippen LogP contribution is -2.26. The molecule has 13 heteroatoms. The van der Waals surface area contributed by atoms with Crippen LogP contribution in [0.15, 0.2) is 30.5 Å². The number of hydrogen-bond donors (Lipinski definition) is 2. The molecule has 4 rings (SSSR count). The van der Waals surface area contributed by atoms with Crippen molar-refractivity contribution in [2.75, 3.05) is 18.7 Å². The first-order chi connectivity index (χ1) is 16.1. The Morgan fingerprint density at radius 3 is 2.68 bits per heavy atom. The topological polar surface area (TPSA) is 107 Å². The fourth-order valence-electron chi connectivity index (χ4n) is 3.35. The predicted molar refractivity (Wildman–Crippen MR) is 115 cm³/mol. The molecule has 0 saturated carbocycles. The van der Waals surface area contributed by atoms with Crippen molar-refractivity contribution in [1.82, 2.24) is 20.1 Å². The molecular weight excluding hydrogens is 479 g/mol. The van der Waals surface area contributed by atoms with Crippen LogP contribution in [0.2, 0.25) is 5.02 Å². The van der Waals surface area contributed by atoms with Crippen molar-refractivity contribution in [2.45, 2.75) is 20.0 Å². The predicted octanol–water partition coefficient (Wildman–Crippen LogP) is 3.98. The number of carbonyl (C=O) groups excluding carboxylic acids is 2. The van der Waals surface area contributed by atoms with Crippen molar-refractivity contribution in [1.29, 1.82) is 0 Å². The molecule has 0 aliphatic carbocycles. The van der Waals surface area contributed by atoms with Gasteiger partial charge in [0.15, 0.2) is 23.0 Å². The third kappa shape index (κ3) is 4.23. The van der Waals surface area contributed by atoms with E-state index in [0.29, 0.717) is 22.1 Å². The zero-order valence-corrected chi connectivity index (χ0v) is 18.5. The molecule has 2 amide bonds. The molecule has 0 bridgehead atoms. The molecule has 0 atom stereocenters. The molecular formula is C21H17ClF3N5O4. The van der Waals surface area contributed by atoms with Gasteiger partial charge in [0, 0.05) is 18.8 Å². The summed E-state index contributed by atoms with van der Waals surface area (Å²) in [5.41, 5.74) is -1.34. The second-order valence-electron chi connectivity index (χ2n) is 7.12. The second-order valence-corrected chi connectivity index (χ2v) is 7.53. The van der Waals surface area contributed by atoms with Gasteiger partial charge >= 0.3 is 6.18 Å². The summed E-state index contributed by atoms with van der Waals surface area (Å²) in [6.45, 7) is 3.47. The number of carbonyl (C=O) groups is 2. The Bertz CT molecular complexity index is 1290. The SMILES string of the molecule is CCNC(=O)c1c(NC(=O)c2cc(C(F)(F)F)nn2-c2ncccc2Cl)c(C)cc2c1OCO2. The van der Waals surface area contributed by atoms with Crippen LogP contribution in [0.1, 0.15) is 39.0 Å². The summed E-state index contributed by atoms with van der Waals surface area (Å²) in [5, 5.41) is 8.63. The number of aryl methyl sites for hydroxylation is 1. The van der Waals surface area contributed by atoms with E-state index in [-0.39, 0.29) is 41.2 Å². The number of benzene rings is 1. The monoisotopic (exact) mass is 495 g/mol. The summed E-state index contributed by atoms with van der Waals surface area (Å²) in [4.78, 5) is 30.0. The van der Waals surface area contributed by atoms with E-state index < -0.39 is 29.4 Å². The van der Waals surface area contributed by atoms with E-state index in [4.69, 9.17) is 21.1 Å². The van der Waals surface area contributed by atoms with Gasteiger partial charge in [-0.25, -0.2) is 9.67 Å². The van der Waals surface area contributed by atoms with Gasteiger partial charge in [0.05, 0.1) is 10.7 Å². The third-order valence-electron chi connectivity index (χ3n) is 4.84. The minimum absolute atomic E-state index is 0.0133. The number of hydrogen-bond acceptors (Lipinski definition) is 6. The molecule has 3 aromatic rings. The Kier molecular flexibility index (Phi) is 6.09. The zero-order valence-electron chi connectivity index (χ0n) is 17.8. The summed E-state index contributed by atoms with van der Waals surface area (Å²) >= 11 is 6.09. The fraction of sp³-hybridized carbons (Fsp3) is 0.238. The van der Waals surface area contributed by atoms with Crippen molar-refractivity contribution in [2.24, 2.45) is 0 Å². The fourth-order valence-corrected chi connectivity index (χ4v) is 3.55. The molecule has 2 N–H and O–H groups in total. The molecule has 1 aliphatic heterocycles. The molecule has 0 unspecified atom stereocenters. The van der Waals surface area contributed by atoms with Crippen LogP contribution in [0.25, 0.3) is 5.82 Å². The lowest BCUT2D eigenvalue weighted by atomic mass is 10.0. The Hall–Kier alpha value is -3.80. The first-order valence-corrected chi connectivity index (χ1v) is 10.3. The summed E-state index contributed by atoms with van der Waals surface area (Å²) in [7, 11) is 0. The van der Waals surface area contributed by atoms with Crippen molar-refractivity contribution in [3.63, 3.8) is 0 Å². The number of halogens is 4. The van der Waals surface area contributed by atoms with E-state index >= 15 is 0 Å². The summed E-state index contributed by atoms with van der Waals surface area (Å²) in [5.74, 6) is -1.28. The number of rotatable bonds is 5. The smallest absolute Gasteiger partial charge is 0.435 e. The van der Waals surface area contributed by atoms with Gasteiger partial charge in [-0.15, -0.1) is 0 Å². The normalized spacial score (nSPS) is 12.5. The van der Waals surface area contributed by atoms with Gasteiger partial charge < -0.3 is 20.1 Å². The van der Waals surface area contributed by atoms with Crippen molar-refractivity contribution < 1.29 is 32.2 Å². The summed E-state index contributed by atoms with van der Waals surface area (Å²) in [6.07, 6.45) is -3.53. The first-order valence-electron chi connectivity index (χ1n) is 9.92. The molecule has 0 spiro atoms. The van der Waals surface area contributed by atoms with E-state index in [1.165, 1.54) is 18.3 Å². The average molecular weight is 496 g/mol. The maximum atomic E-state index is 13.4. The van der Waals surface area contributed by atoms with Crippen LogP contribution in [-0.4, -0.2) is 39.9 Å². The molecule has 2 aromatic heterocycles. The Morgan fingerprint density at radius 1 is 1.24 bits per heavy atom. The molecule has 0 fully saturated rings. The van der Waals surface area contributed by atoms with Gasteiger partial charge in [0.25, 0.3) is 11.8 Å². The molecule has 0 radical (unpaired) electrons. The van der Waals surface area contributed by atoms with Gasteiger partial charge in [-0.1, -0.05) is 11.6 Å². The maximum absolute atomic E-state index is 13.4. The van der Waals surface area contributed by atoms with Crippen LogP contribution >= 0.6 is 11.6 Å². The summed E-state index contributed by atoms with van der Waals surface area (Å²) < 4.78 is 51.7. The van der Waals surface area contributed by atoms with E-state index in [9.17, 15) is 22.8 Å². The van der Waals surface area contributed by atoms with Crippen LogP contribution in [0, 0.1) is 6.92 Å². The van der Waals surface area contributed by atoms with Crippen LogP contribution in [-0.2, 0) is 6.18 Å². The van der Waals surface area contributed by atoms with Crippen molar-refractivity contribution in [3.8, 4) is 17.3 Å². The number of aromatic nitrogens is 3. The zero-order chi connectivity index (χ0) is 24.6. The number of fused-ring (bicyclic) bond motifs is 1. The number of alkyl halides is 3. The Morgan fingerprint density at radius 2 is 2.00 bits per heavy atom. The Labute approximate surface area is 195 Å². The number of amides is 2. The minimum Gasteiger partial charge on any atom is -0.454 e. The first kappa shape index (κ1) is 23.4. The third-order valence-corrected chi connectivity index (χ3v) is 5.13. The van der Waals surface area contributed by atoms with Gasteiger partial charge in [-0.2, -0.15) is 18.3 Å². The van der Waals surface area contributed by atoms with Gasteiger partial charge in [-0.05, 0) is 37.6 Å². The standard InChI is InChI=1S/C21H17ClF3N5O4/c1-3-26-20(32)15-16(10(2)7-13-17(15)34-9-33-13)28-19(31)12-8-14(21(23,24)25)29-30(12)18-11(22)5-4-6-27-18/h4-8H,3,9H2,1-2H3,(H,26,32)(H,28,31). The lowest BCUT2D eigenvalue weighted by molar-refractivity contribution is -0.141. The minimum atomic E-state index is -4.83. The molecule has 34 heavy (non-hydrogen) atoms. The molecule has 9 nitrogen and oxygen atoms in total. The lowest BCUT2D eigenvalue weighted by Gasteiger charge is -2.16. The number of pyridine rings is 1. The van der Waals surface area contributed by atoms with E-state index in [2.05, 4.69) is 20.7 Å². The number of nitrogens with one attached hydrogen (secondary N) is 2. The van der Waals surface area contributed by atoms with Crippen molar-refractivity contribution >= 4 is 29.1 Å². The number of anilines is 1. The van der Waals surface area contributed by atoms with E-state index in [1.54, 1.807) is 19.9 Å². The molecule has 3 heterocycles. The highest BCUT2D eigenvalue weighted by molar-refractivity contribution is 6.32. The summed E-state index contributed by atoms with van der Waals surface area (Å²) in [6, 6.07) is 5.01. The van der Waals surface area contributed by atoms with Crippen LogP contribution in [0.4, 0.5) is 18.9 Å². The maximum Gasteiger partial charge on any atom is 0.435 e. The number of nitrogens with zero attached hydrogens (tertiary/aromatic N) is 3. The van der Waals surface area contributed by atoms with Crippen molar-refractivity contribution in [3.05, 3.63) is 58.0 Å². The van der Waals surface area contributed by atoms with Crippen LogP contribution < -0.4 is 20.1 Å². The van der Waals surface area contributed by atoms with Gasteiger partial charge in [-0.3, -0.25) is 9.59 Å². The van der Waals surface area contributed by atoms with Crippen LogP contribution in [0.5, 0.6) is 11.5 Å². The molecule has 1 aromatic carbocycles. The number of ether oxygens (including phenoxy) is 2. The molecule has 178 valence electrons. The highest BCUT2D eigenvalue weighted by Gasteiger charge is 2.37. The van der Waals surface area contributed by atoms with E-state index in [1.807, 2.05) is 0 Å². The molecule has 0 saturated heterocycles. The van der Waals surface area contributed by atoms with Crippen LogP contribution in [0.3, 0.4) is 0 Å². The largest absolute Gasteiger partial charge is 0.454 e. The highest BCUT2D eigenvalue weighted by atomic mass is 35.5. The quantitative estimate of drug-likeness (QED) is 0.554. The molecule has 1 aliphatic rings. The highest BCUT2D eigenvalue weighted by Crippen LogP contribution is 2.42. The van der Waals surface area contributed by atoms with Gasteiger partial charge in [0.2, 0.25) is 6.79 Å². The van der Waals surface area contributed by atoms with E-state index in [0.717, 1.165) is 0 Å². The second kappa shape index (κ2) is 8.86. The average Bonchev–Trinajstić information content (AvgIpc) is 3.41.